The van der Waals surface area contributed by atoms with Gasteiger partial charge in [0.25, 0.3) is 0 Å². The van der Waals surface area contributed by atoms with Crippen molar-refractivity contribution in [3.8, 4) is 0 Å². The Labute approximate surface area is 144 Å². The average Bonchev–Trinajstić information content (AvgIpc) is 2.61. The number of pyridine rings is 1. The summed E-state index contributed by atoms with van der Waals surface area (Å²) in [5.74, 6) is -1.02. The van der Waals surface area contributed by atoms with Gasteiger partial charge in [0.1, 0.15) is 11.6 Å². The number of hydrogen-bond acceptors (Lipinski definition) is 3. The molecule has 1 heterocycles. The van der Waals surface area contributed by atoms with Gasteiger partial charge >= 0.3 is 0 Å². The van der Waals surface area contributed by atoms with Gasteiger partial charge in [0.15, 0.2) is 5.96 Å². The van der Waals surface area contributed by atoms with E-state index in [-0.39, 0.29) is 24.6 Å². The fraction of sp³-hybridized carbons (Fsp3) is 0.235. The minimum atomic E-state index is -0.532. The molecule has 1 aromatic heterocycles. The van der Waals surface area contributed by atoms with Crippen LogP contribution in [0.5, 0.6) is 0 Å². The van der Waals surface area contributed by atoms with Crippen LogP contribution in [-0.4, -0.2) is 29.9 Å². The Kier molecular flexibility index (Phi) is 6.82. The van der Waals surface area contributed by atoms with Crippen LogP contribution in [0.25, 0.3) is 0 Å². The molecular formula is C17H19F2N5O. The van der Waals surface area contributed by atoms with Crippen molar-refractivity contribution < 1.29 is 13.6 Å². The molecule has 132 valence electrons. The van der Waals surface area contributed by atoms with Crippen LogP contribution >= 0.6 is 0 Å². The maximum atomic E-state index is 13.6. The lowest BCUT2D eigenvalue weighted by atomic mass is 10.2. The van der Waals surface area contributed by atoms with Crippen molar-refractivity contribution in [1.82, 2.24) is 15.6 Å². The highest BCUT2D eigenvalue weighted by molar-refractivity contribution is 5.94. The minimum Gasteiger partial charge on any atom is -0.357 e. The van der Waals surface area contributed by atoms with Crippen LogP contribution < -0.4 is 16.0 Å². The van der Waals surface area contributed by atoms with Crippen LogP contribution in [0.4, 0.5) is 14.5 Å². The van der Waals surface area contributed by atoms with Gasteiger partial charge in [0.2, 0.25) is 5.91 Å². The van der Waals surface area contributed by atoms with Gasteiger partial charge in [0.05, 0.1) is 25.0 Å². The maximum absolute atomic E-state index is 13.6. The molecule has 2 aromatic rings. The quantitative estimate of drug-likeness (QED) is 0.552. The number of carbonyl (C=O) groups is 1. The van der Waals surface area contributed by atoms with Crippen molar-refractivity contribution >= 4 is 17.6 Å². The third-order valence-corrected chi connectivity index (χ3v) is 3.12. The van der Waals surface area contributed by atoms with E-state index < -0.39 is 11.6 Å². The first-order valence-corrected chi connectivity index (χ1v) is 7.74. The van der Waals surface area contributed by atoms with E-state index in [9.17, 15) is 13.6 Å². The fourth-order valence-electron chi connectivity index (χ4n) is 1.98. The second-order valence-electron chi connectivity index (χ2n) is 5.07. The predicted molar refractivity (Wildman–Crippen MR) is 92.0 cm³/mol. The molecule has 2 rings (SSSR count). The lowest BCUT2D eigenvalue weighted by molar-refractivity contribution is -0.115. The van der Waals surface area contributed by atoms with Gasteiger partial charge in [-0.15, -0.1) is 0 Å². The van der Waals surface area contributed by atoms with E-state index in [4.69, 9.17) is 0 Å². The zero-order valence-corrected chi connectivity index (χ0v) is 13.7. The summed E-state index contributed by atoms with van der Waals surface area (Å²) in [5, 5.41) is 8.45. The van der Waals surface area contributed by atoms with E-state index in [1.165, 1.54) is 6.20 Å². The second kappa shape index (κ2) is 9.31. The smallest absolute Gasteiger partial charge is 0.243 e. The molecule has 8 heteroatoms. The molecule has 0 fully saturated rings. The molecule has 0 bridgehead atoms. The second-order valence-corrected chi connectivity index (χ2v) is 5.07. The molecule has 0 atom stereocenters. The number of guanidine groups is 1. The highest BCUT2D eigenvalue weighted by Gasteiger charge is 2.06. The molecule has 0 radical (unpaired) electrons. The average molecular weight is 347 g/mol. The largest absolute Gasteiger partial charge is 0.357 e. The molecule has 0 aliphatic heterocycles. The Bertz CT molecular complexity index is 737. The van der Waals surface area contributed by atoms with Crippen molar-refractivity contribution in [2.24, 2.45) is 4.99 Å². The van der Waals surface area contributed by atoms with Gasteiger partial charge in [-0.25, -0.2) is 13.8 Å². The molecule has 0 unspecified atom stereocenters. The zero-order valence-electron chi connectivity index (χ0n) is 13.7. The minimum absolute atomic E-state index is 0.0354. The number of nitrogens with one attached hydrogen (secondary N) is 3. The zero-order chi connectivity index (χ0) is 18.1. The van der Waals surface area contributed by atoms with Crippen molar-refractivity contribution in [3.05, 3.63) is 59.9 Å². The summed E-state index contributed by atoms with van der Waals surface area (Å²) in [6.07, 6.45) is 3.14. The van der Waals surface area contributed by atoms with Crippen molar-refractivity contribution in [3.63, 3.8) is 0 Å². The number of carbonyl (C=O) groups excluding carboxylic acids is 1. The van der Waals surface area contributed by atoms with Gasteiger partial charge in [-0.05, 0) is 37.3 Å². The van der Waals surface area contributed by atoms with Crippen LogP contribution in [-0.2, 0) is 11.3 Å². The number of nitrogens with zero attached hydrogens (tertiary/aromatic N) is 2. The first-order valence-electron chi connectivity index (χ1n) is 7.74. The first kappa shape index (κ1) is 18.3. The van der Waals surface area contributed by atoms with Gasteiger partial charge in [-0.1, -0.05) is 0 Å². The number of anilines is 1. The summed E-state index contributed by atoms with van der Waals surface area (Å²) >= 11 is 0. The SMILES string of the molecule is CCNC(=NCc1cc(F)ccc1F)NCC(=O)Nc1cccnc1. The number of hydrogen-bond donors (Lipinski definition) is 3. The van der Waals surface area contributed by atoms with Gasteiger partial charge in [-0.2, -0.15) is 0 Å². The molecule has 3 N–H and O–H groups in total. The Morgan fingerprint density at radius 1 is 1.24 bits per heavy atom. The highest BCUT2D eigenvalue weighted by Crippen LogP contribution is 2.10. The summed E-state index contributed by atoms with van der Waals surface area (Å²) in [7, 11) is 0. The standard InChI is InChI=1S/C17H19F2N5O/c1-2-21-17(22-9-12-8-13(18)5-6-15(12)19)23-11-16(25)24-14-4-3-7-20-10-14/h3-8,10H,2,9,11H2,1H3,(H,24,25)(H2,21,22,23). The Balaban J connectivity index is 1.93. The van der Waals surface area contributed by atoms with Crippen LogP contribution in [0.3, 0.4) is 0 Å². The third-order valence-electron chi connectivity index (χ3n) is 3.12. The maximum Gasteiger partial charge on any atom is 0.243 e. The Hall–Kier alpha value is -3.03. The predicted octanol–water partition coefficient (Wildman–Crippen LogP) is 2.05. The lowest BCUT2D eigenvalue weighted by Crippen LogP contribution is -2.41. The monoisotopic (exact) mass is 347 g/mol. The number of amides is 1. The van der Waals surface area contributed by atoms with E-state index in [0.29, 0.717) is 18.2 Å². The number of benzene rings is 1. The topological polar surface area (TPSA) is 78.4 Å². The molecule has 1 aromatic carbocycles. The number of aliphatic imine (C=N–C) groups is 1. The molecule has 0 aliphatic rings. The van der Waals surface area contributed by atoms with Gasteiger partial charge in [0, 0.05) is 18.3 Å². The van der Waals surface area contributed by atoms with Gasteiger partial charge < -0.3 is 16.0 Å². The van der Waals surface area contributed by atoms with Crippen LogP contribution in [0, 0.1) is 11.6 Å². The number of aromatic nitrogens is 1. The highest BCUT2D eigenvalue weighted by atomic mass is 19.1. The van der Waals surface area contributed by atoms with Crippen molar-refractivity contribution in [2.45, 2.75) is 13.5 Å². The van der Waals surface area contributed by atoms with E-state index in [1.54, 1.807) is 18.3 Å². The van der Waals surface area contributed by atoms with E-state index in [0.717, 1.165) is 18.2 Å². The van der Waals surface area contributed by atoms with Gasteiger partial charge in [-0.3, -0.25) is 9.78 Å². The molecule has 0 saturated carbocycles. The lowest BCUT2D eigenvalue weighted by Gasteiger charge is -2.11. The molecule has 1 amide bonds. The van der Waals surface area contributed by atoms with Crippen LogP contribution in [0.15, 0.2) is 47.7 Å². The Morgan fingerprint density at radius 2 is 2.08 bits per heavy atom. The molecule has 0 aliphatic carbocycles. The molecular weight excluding hydrogens is 328 g/mol. The summed E-state index contributed by atoms with van der Waals surface area (Å²) in [4.78, 5) is 20.0. The normalized spacial score (nSPS) is 11.1. The summed E-state index contributed by atoms with van der Waals surface area (Å²) < 4.78 is 26.8. The fourth-order valence-corrected chi connectivity index (χ4v) is 1.98. The number of rotatable bonds is 6. The Morgan fingerprint density at radius 3 is 2.80 bits per heavy atom. The molecule has 25 heavy (non-hydrogen) atoms. The van der Waals surface area contributed by atoms with E-state index in [1.807, 2.05) is 6.92 Å². The van der Waals surface area contributed by atoms with Crippen molar-refractivity contribution in [2.75, 3.05) is 18.4 Å². The molecule has 0 spiro atoms. The number of halogens is 2. The van der Waals surface area contributed by atoms with E-state index >= 15 is 0 Å². The third kappa shape index (κ3) is 6.17. The van der Waals surface area contributed by atoms with Crippen LogP contribution in [0.1, 0.15) is 12.5 Å². The summed E-state index contributed by atoms with van der Waals surface area (Å²) in [6.45, 7) is 2.33. The first-order chi connectivity index (χ1) is 12.1. The van der Waals surface area contributed by atoms with Crippen LogP contribution in [0.2, 0.25) is 0 Å². The summed E-state index contributed by atoms with van der Waals surface area (Å²) in [6, 6.07) is 6.63. The van der Waals surface area contributed by atoms with Crippen molar-refractivity contribution in [1.29, 1.82) is 0 Å². The summed E-state index contributed by atoms with van der Waals surface area (Å²) in [5.41, 5.74) is 0.718. The molecule has 6 nitrogen and oxygen atoms in total. The molecule has 0 saturated heterocycles. The van der Waals surface area contributed by atoms with E-state index in [2.05, 4.69) is 25.9 Å².